The Labute approximate surface area is 219 Å². The van der Waals surface area contributed by atoms with Gasteiger partial charge in [0.1, 0.15) is 34.0 Å². The number of phenolic OH excluding ortho intramolecular Hbond substituents is 2. The molecule has 0 spiro atoms. The zero-order chi connectivity index (χ0) is 27.5. The molecule has 0 bridgehead atoms. The monoisotopic (exact) mass is 516 g/mol. The molecule has 2 aliphatic heterocycles. The van der Waals surface area contributed by atoms with Crippen molar-refractivity contribution in [3.63, 3.8) is 0 Å². The molecule has 196 valence electrons. The Hall–Kier alpha value is -4.40. The Morgan fingerprint density at radius 1 is 1.11 bits per heavy atom. The predicted octanol–water partition coefficient (Wildman–Crippen LogP) is 2.74. The van der Waals surface area contributed by atoms with Crippen molar-refractivity contribution in [1.29, 1.82) is 0 Å². The van der Waals surface area contributed by atoms with Crippen LogP contribution in [-0.2, 0) is 32.8 Å². The highest BCUT2D eigenvalue weighted by atomic mass is 16.5. The molecule has 9 nitrogen and oxygen atoms in total. The summed E-state index contributed by atoms with van der Waals surface area (Å²) in [6, 6.07) is 7.96. The minimum absolute atomic E-state index is 0.0232. The Balaban J connectivity index is 1.45. The quantitative estimate of drug-likeness (QED) is 0.321. The van der Waals surface area contributed by atoms with Crippen molar-refractivity contribution in [3.05, 3.63) is 75.2 Å². The van der Waals surface area contributed by atoms with E-state index in [-0.39, 0.29) is 57.7 Å². The highest BCUT2D eigenvalue weighted by Gasteiger charge is 2.56. The molecule has 9 heteroatoms. The number of rotatable bonds is 4. The van der Waals surface area contributed by atoms with Gasteiger partial charge in [0.2, 0.25) is 5.91 Å². The number of nitrogens with zero attached hydrogens (tertiary/aromatic N) is 1. The fourth-order valence-electron chi connectivity index (χ4n) is 5.48. The Bertz CT molecular complexity index is 1520. The van der Waals surface area contributed by atoms with Crippen molar-refractivity contribution in [2.24, 2.45) is 0 Å². The zero-order valence-electron chi connectivity index (χ0n) is 21.6. The first-order chi connectivity index (χ1) is 18.0. The van der Waals surface area contributed by atoms with Gasteiger partial charge in [0.15, 0.2) is 17.3 Å². The van der Waals surface area contributed by atoms with E-state index in [4.69, 9.17) is 4.74 Å². The number of ether oxygens (including phenoxy) is 1. The topological polar surface area (TPSA) is 133 Å². The number of ketones is 3. The summed E-state index contributed by atoms with van der Waals surface area (Å²) < 4.78 is 5.77. The normalized spacial score (nSPS) is 21.2. The first kappa shape index (κ1) is 25.3. The van der Waals surface area contributed by atoms with Gasteiger partial charge in [-0.3, -0.25) is 19.2 Å². The van der Waals surface area contributed by atoms with Crippen LogP contribution in [0, 0.1) is 6.92 Å². The lowest BCUT2D eigenvalue weighted by Crippen LogP contribution is -2.43. The summed E-state index contributed by atoms with van der Waals surface area (Å²) in [5.74, 6) is -2.95. The number of carbonyl (C=O) groups is 4. The number of hydrogen-bond donors (Lipinski definition) is 3. The highest BCUT2D eigenvalue weighted by Crippen LogP contribution is 2.57. The average Bonchev–Trinajstić information content (AvgIpc) is 3.18. The van der Waals surface area contributed by atoms with Crippen molar-refractivity contribution in [3.8, 4) is 17.2 Å². The van der Waals surface area contributed by atoms with Gasteiger partial charge >= 0.3 is 0 Å². The molecule has 38 heavy (non-hydrogen) atoms. The van der Waals surface area contributed by atoms with E-state index in [9.17, 15) is 29.4 Å². The summed E-state index contributed by atoms with van der Waals surface area (Å²) in [4.78, 5) is 53.9. The number of fused-ring (bicyclic) bond motifs is 4. The molecule has 2 aromatic rings. The van der Waals surface area contributed by atoms with Crippen LogP contribution in [0.3, 0.4) is 0 Å². The van der Waals surface area contributed by atoms with E-state index >= 15 is 0 Å². The summed E-state index contributed by atoms with van der Waals surface area (Å²) in [5.41, 5.74) is 0.647. The van der Waals surface area contributed by atoms with Crippen molar-refractivity contribution < 1.29 is 34.1 Å². The van der Waals surface area contributed by atoms with Gasteiger partial charge in [-0.25, -0.2) is 0 Å². The maximum Gasteiger partial charge on any atom is 0.242 e. The van der Waals surface area contributed by atoms with Gasteiger partial charge in [0.25, 0.3) is 0 Å². The number of aromatic hydroxyl groups is 2. The van der Waals surface area contributed by atoms with Gasteiger partial charge in [-0.15, -0.1) is 0 Å². The molecule has 5 rings (SSSR count). The number of nitrogens with one attached hydrogen (secondary N) is 1. The molecule has 2 heterocycles. The highest BCUT2D eigenvalue weighted by molar-refractivity contribution is 6.31. The predicted molar refractivity (Wildman–Crippen MR) is 137 cm³/mol. The van der Waals surface area contributed by atoms with E-state index < -0.39 is 28.5 Å². The maximum atomic E-state index is 13.9. The van der Waals surface area contributed by atoms with Gasteiger partial charge in [-0.2, -0.15) is 0 Å². The molecule has 0 fully saturated rings. The lowest BCUT2D eigenvalue weighted by atomic mass is 9.70. The van der Waals surface area contributed by atoms with E-state index in [0.717, 1.165) is 18.1 Å². The molecule has 1 aliphatic carbocycles. The van der Waals surface area contributed by atoms with Crippen LogP contribution in [0.4, 0.5) is 0 Å². The summed E-state index contributed by atoms with van der Waals surface area (Å²) in [6.45, 7) is 6.67. The summed E-state index contributed by atoms with van der Waals surface area (Å²) in [6.07, 6.45) is 1.91. The molecule has 3 aliphatic rings. The molecule has 0 aromatic heterocycles. The Morgan fingerprint density at radius 2 is 1.79 bits per heavy atom. The molecule has 3 N–H and O–H groups in total. The molecule has 1 amide bonds. The number of carbonyl (C=O) groups excluding carboxylic acids is 4. The SMILES string of the molecule is CC(=O)c1c(O)c(C)c(O)c2c1OC1=CC(=O)/C(=C(/C)NCC(=O)N3CCc4ccccc4C3)C(=O)C12C. The van der Waals surface area contributed by atoms with Crippen LogP contribution >= 0.6 is 0 Å². The van der Waals surface area contributed by atoms with Crippen LogP contribution in [0.25, 0.3) is 0 Å². The largest absolute Gasteiger partial charge is 0.507 e. The third-order valence-electron chi connectivity index (χ3n) is 7.75. The van der Waals surface area contributed by atoms with E-state index in [1.807, 2.05) is 18.2 Å². The van der Waals surface area contributed by atoms with Crippen LogP contribution in [0.5, 0.6) is 17.2 Å². The fourth-order valence-corrected chi connectivity index (χ4v) is 5.48. The second kappa shape index (κ2) is 8.86. The number of allylic oxidation sites excluding steroid dienone is 4. The minimum Gasteiger partial charge on any atom is -0.507 e. The van der Waals surface area contributed by atoms with Crippen LogP contribution < -0.4 is 10.1 Å². The molecule has 0 saturated carbocycles. The van der Waals surface area contributed by atoms with E-state index in [0.29, 0.717) is 13.1 Å². The summed E-state index contributed by atoms with van der Waals surface area (Å²) in [5, 5.41) is 24.3. The molecule has 0 saturated heterocycles. The number of amides is 1. The number of Topliss-reactive ketones (excluding diaryl/α,β-unsaturated/α-hetero) is 2. The summed E-state index contributed by atoms with van der Waals surface area (Å²) >= 11 is 0. The van der Waals surface area contributed by atoms with Crippen molar-refractivity contribution >= 4 is 23.3 Å². The number of hydrogen-bond acceptors (Lipinski definition) is 8. The molecular weight excluding hydrogens is 488 g/mol. The fraction of sp³-hybridized carbons (Fsp3) is 0.310. The number of benzene rings is 2. The van der Waals surface area contributed by atoms with Crippen LogP contribution in [0.2, 0.25) is 0 Å². The maximum absolute atomic E-state index is 13.9. The molecule has 1 unspecified atom stereocenters. The minimum atomic E-state index is -1.60. The van der Waals surface area contributed by atoms with E-state index in [1.54, 1.807) is 11.8 Å². The van der Waals surface area contributed by atoms with Crippen molar-refractivity contribution in [1.82, 2.24) is 10.2 Å². The number of phenols is 2. The van der Waals surface area contributed by atoms with Gasteiger partial charge in [-0.1, -0.05) is 24.3 Å². The van der Waals surface area contributed by atoms with Crippen LogP contribution in [0.1, 0.15) is 53.4 Å². The van der Waals surface area contributed by atoms with Crippen LogP contribution in [0.15, 0.2) is 47.4 Å². The zero-order valence-corrected chi connectivity index (χ0v) is 21.6. The Kier molecular flexibility index (Phi) is 5.89. The standard InChI is InChI=1S/C29H28N2O7/c1-14-25(35)23(16(3)32)27-24(26(14)36)29(4)20(38-27)11-19(33)22(28(29)37)15(2)30-12-21(34)31-10-9-17-7-5-6-8-18(17)13-31/h5-8,11,30,35-36H,9-10,12-13H2,1-4H3/b22-15+. The van der Waals surface area contributed by atoms with Crippen LogP contribution in [-0.4, -0.2) is 51.5 Å². The first-order valence-corrected chi connectivity index (χ1v) is 12.3. The Morgan fingerprint density at radius 3 is 2.47 bits per heavy atom. The lowest BCUT2D eigenvalue weighted by molar-refractivity contribution is -0.131. The van der Waals surface area contributed by atoms with E-state index in [1.165, 1.54) is 26.3 Å². The van der Waals surface area contributed by atoms with Gasteiger partial charge < -0.3 is 25.2 Å². The third-order valence-corrected chi connectivity index (χ3v) is 7.75. The summed E-state index contributed by atoms with van der Waals surface area (Å²) in [7, 11) is 0. The second-order valence-corrected chi connectivity index (χ2v) is 10.1. The van der Waals surface area contributed by atoms with Gasteiger partial charge in [-0.05, 0) is 45.2 Å². The molecule has 0 radical (unpaired) electrons. The first-order valence-electron chi connectivity index (χ1n) is 12.3. The smallest absolute Gasteiger partial charge is 0.242 e. The molecular formula is C29H28N2O7. The van der Waals surface area contributed by atoms with Gasteiger partial charge in [0.05, 0.1) is 17.7 Å². The average molecular weight is 517 g/mol. The van der Waals surface area contributed by atoms with Crippen molar-refractivity contribution in [2.75, 3.05) is 13.1 Å². The molecule has 2 aromatic carbocycles. The third kappa shape index (κ3) is 3.60. The molecule has 1 atom stereocenters. The second-order valence-electron chi connectivity index (χ2n) is 10.1. The van der Waals surface area contributed by atoms with Gasteiger partial charge in [0, 0.05) is 30.4 Å². The lowest BCUT2D eigenvalue weighted by Gasteiger charge is -2.30. The van der Waals surface area contributed by atoms with E-state index in [2.05, 4.69) is 11.4 Å². The van der Waals surface area contributed by atoms with Crippen molar-refractivity contribution in [2.45, 2.75) is 46.1 Å².